The van der Waals surface area contributed by atoms with Crippen molar-refractivity contribution in [3.05, 3.63) is 11.1 Å². The zero-order valence-corrected chi connectivity index (χ0v) is 15.6. The summed E-state index contributed by atoms with van der Waals surface area (Å²) < 4.78 is 0. The van der Waals surface area contributed by atoms with Crippen LogP contribution in [-0.2, 0) is 13.0 Å². The lowest BCUT2D eigenvalue weighted by molar-refractivity contribution is 0.141. The van der Waals surface area contributed by atoms with E-state index in [1.807, 2.05) is 0 Å². The Labute approximate surface area is 155 Å². The molecule has 3 aliphatic rings. The Morgan fingerprint density at radius 3 is 2.50 bits per heavy atom. The topological polar surface area (TPSA) is 74.1 Å². The van der Waals surface area contributed by atoms with Crippen molar-refractivity contribution in [3.8, 4) is 0 Å². The molecular formula is C20H30N6. The van der Waals surface area contributed by atoms with Crippen molar-refractivity contribution in [1.29, 1.82) is 0 Å². The minimum absolute atomic E-state index is 0.681. The predicted molar refractivity (Wildman–Crippen MR) is 105 cm³/mol. The Morgan fingerprint density at radius 1 is 0.923 bits per heavy atom. The van der Waals surface area contributed by atoms with Gasteiger partial charge < -0.3 is 10.6 Å². The van der Waals surface area contributed by atoms with Crippen LogP contribution >= 0.6 is 0 Å². The molecule has 140 valence electrons. The summed E-state index contributed by atoms with van der Waals surface area (Å²) in [6, 6.07) is 0.753. The van der Waals surface area contributed by atoms with E-state index in [0.29, 0.717) is 5.82 Å². The van der Waals surface area contributed by atoms with Crippen molar-refractivity contribution in [2.24, 2.45) is 0 Å². The molecule has 0 radical (unpaired) electrons. The Balaban J connectivity index is 1.56. The van der Waals surface area contributed by atoms with Crippen LogP contribution in [0.15, 0.2) is 0 Å². The minimum atomic E-state index is 0.681. The summed E-state index contributed by atoms with van der Waals surface area (Å²) in [6.45, 7) is 4.41. The fraction of sp³-hybridized carbons (Fsp3) is 0.700. The van der Waals surface area contributed by atoms with E-state index in [0.717, 1.165) is 49.7 Å². The molecule has 0 spiro atoms. The highest BCUT2D eigenvalue weighted by atomic mass is 15.2. The fourth-order valence-electron chi connectivity index (χ4n) is 5.28. The van der Waals surface area contributed by atoms with E-state index in [9.17, 15) is 0 Å². The van der Waals surface area contributed by atoms with Crippen molar-refractivity contribution in [2.75, 3.05) is 30.3 Å². The molecule has 1 saturated heterocycles. The molecule has 2 fully saturated rings. The summed E-state index contributed by atoms with van der Waals surface area (Å²) in [5.41, 5.74) is 9.84. The number of rotatable bonds is 2. The molecule has 0 aromatic carbocycles. The normalized spacial score (nSPS) is 22.7. The van der Waals surface area contributed by atoms with Crippen LogP contribution in [0, 0.1) is 0 Å². The smallest absolute Gasteiger partial charge is 0.185 e. The summed E-state index contributed by atoms with van der Waals surface area (Å²) in [5, 5.41) is 8.43. The molecule has 0 bridgehead atoms. The van der Waals surface area contributed by atoms with E-state index in [2.05, 4.69) is 20.0 Å². The fourth-order valence-corrected chi connectivity index (χ4v) is 5.28. The third-order valence-corrected chi connectivity index (χ3v) is 6.68. The van der Waals surface area contributed by atoms with Crippen LogP contribution in [0.5, 0.6) is 0 Å². The number of hydrogen-bond donors (Lipinski definition) is 2. The van der Waals surface area contributed by atoms with Gasteiger partial charge in [-0.05, 0) is 44.1 Å². The monoisotopic (exact) mass is 354 g/mol. The summed E-state index contributed by atoms with van der Waals surface area (Å²) in [7, 11) is 0. The van der Waals surface area contributed by atoms with Crippen molar-refractivity contribution in [1.82, 2.24) is 20.1 Å². The van der Waals surface area contributed by atoms with Crippen molar-refractivity contribution < 1.29 is 0 Å². The number of nitrogen functional groups attached to an aromatic ring is 1. The van der Waals surface area contributed by atoms with Gasteiger partial charge in [0, 0.05) is 37.8 Å². The number of fused-ring (bicyclic) bond motifs is 3. The highest BCUT2D eigenvalue weighted by molar-refractivity contribution is 5.92. The second kappa shape index (κ2) is 6.72. The quantitative estimate of drug-likeness (QED) is 0.866. The summed E-state index contributed by atoms with van der Waals surface area (Å²) in [4.78, 5) is 10.2. The highest BCUT2D eigenvalue weighted by Gasteiger charge is 2.31. The van der Waals surface area contributed by atoms with Gasteiger partial charge in [-0.1, -0.05) is 19.3 Å². The summed E-state index contributed by atoms with van der Waals surface area (Å²) >= 11 is 0. The highest BCUT2D eigenvalue weighted by Crippen LogP contribution is 2.37. The zero-order chi connectivity index (χ0) is 17.5. The Morgan fingerprint density at radius 2 is 1.69 bits per heavy atom. The maximum atomic E-state index is 6.22. The zero-order valence-electron chi connectivity index (χ0n) is 15.6. The van der Waals surface area contributed by atoms with Gasteiger partial charge in [-0.15, -0.1) is 0 Å². The van der Waals surface area contributed by atoms with Gasteiger partial charge in [0.1, 0.15) is 11.6 Å². The van der Waals surface area contributed by atoms with Gasteiger partial charge in [0.05, 0.1) is 5.39 Å². The average molecular weight is 355 g/mol. The molecule has 1 aliphatic carbocycles. The predicted octanol–water partition coefficient (Wildman–Crippen LogP) is 3.22. The number of nitrogens with zero attached hydrogens (tertiary/aromatic N) is 4. The largest absolute Gasteiger partial charge is 0.384 e. The first-order chi connectivity index (χ1) is 12.8. The molecule has 5 rings (SSSR count). The van der Waals surface area contributed by atoms with Gasteiger partial charge in [0.2, 0.25) is 0 Å². The van der Waals surface area contributed by atoms with Gasteiger partial charge in [0.15, 0.2) is 5.65 Å². The lowest BCUT2D eigenvalue weighted by atomic mass is 9.90. The van der Waals surface area contributed by atoms with E-state index in [1.54, 1.807) is 0 Å². The van der Waals surface area contributed by atoms with Crippen LogP contribution in [0.1, 0.15) is 62.5 Å². The van der Waals surface area contributed by atoms with E-state index in [4.69, 9.17) is 10.7 Å². The Kier molecular flexibility index (Phi) is 4.23. The average Bonchev–Trinajstić information content (AvgIpc) is 3.09. The molecule has 3 N–H and O–H groups in total. The van der Waals surface area contributed by atoms with E-state index in [-0.39, 0.29) is 0 Å². The third-order valence-electron chi connectivity index (χ3n) is 6.68. The van der Waals surface area contributed by atoms with E-state index >= 15 is 0 Å². The molecule has 6 heteroatoms. The van der Waals surface area contributed by atoms with Crippen LogP contribution in [0.3, 0.4) is 0 Å². The summed E-state index contributed by atoms with van der Waals surface area (Å²) in [5.74, 6) is 1.86. The SMILES string of the molecule is Nc1[nH]nc2nc(N3CCCCC3)c3c(c12)CCN(C1CCCCC1)C3. The first-order valence-corrected chi connectivity index (χ1v) is 10.5. The van der Waals surface area contributed by atoms with Crippen LogP contribution in [0.2, 0.25) is 0 Å². The molecule has 6 nitrogen and oxygen atoms in total. The van der Waals surface area contributed by atoms with Gasteiger partial charge in [-0.25, -0.2) is 4.98 Å². The number of anilines is 2. The third kappa shape index (κ3) is 2.75. The molecule has 2 aromatic heterocycles. The number of pyridine rings is 1. The molecule has 4 heterocycles. The number of hydrogen-bond acceptors (Lipinski definition) is 5. The van der Waals surface area contributed by atoms with Gasteiger partial charge in [0.25, 0.3) is 0 Å². The lowest BCUT2D eigenvalue weighted by Gasteiger charge is -2.39. The number of aromatic nitrogens is 3. The molecule has 2 aromatic rings. The van der Waals surface area contributed by atoms with Crippen molar-refractivity contribution in [2.45, 2.75) is 70.4 Å². The molecule has 1 saturated carbocycles. The second-order valence-electron chi connectivity index (χ2n) is 8.29. The van der Waals surface area contributed by atoms with Crippen LogP contribution in [-0.4, -0.2) is 45.8 Å². The van der Waals surface area contributed by atoms with E-state index in [1.165, 1.54) is 68.3 Å². The first kappa shape index (κ1) is 16.4. The molecule has 2 aliphatic heterocycles. The van der Waals surface area contributed by atoms with Gasteiger partial charge in [-0.3, -0.25) is 10.00 Å². The Hall–Kier alpha value is -1.82. The number of piperidine rings is 1. The van der Waals surface area contributed by atoms with Crippen LogP contribution in [0.4, 0.5) is 11.6 Å². The number of H-pyrrole nitrogens is 1. The van der Waals surface area contributed by atoms with E-state index < -0.39 is 0 Å². The Bertz CT molecular complexity index is 785. The molecule has 0 unspecified atom stereocenters. The summed E-state index contributed by atoms with van der Waals surface area (Å²) in [6.07, 6.45) is 11.8. The minimum Gasteiger partial charge on any atom is -0.384 e. The number of nitrogens with one attached hydrogen (secondary N) is 1. The molecular weight excluding hydrogens is 324 g/mol. The molecule has 0 amide bonds. The number of aromatic amines is 1. The maximum Gasteiger partial charge on any atom is 0.185 e. The first-order valence-electron chi connectivity index (χ1n) is 10.5. The standard InChI is InChI=1S/C20H30N6/c21-18-17-15-9-12-26(14-7-3-1-4-8-14)13-16(15)20(22-19(17)24-23-18)25-10-5-2-6-11-25/h14H,1-13H2,(H3,21,22,23,24). The van der Waals surface area contributed by atoms with Crippen molar-refractivity contribution >= 4 is 22.7 Å². The molecule has 26 heavy (non-hydrogen) atoms. The van der Waals surface area contributed by atoms with Crippen LogP contribution in [0.25, 0.3) is 11.0 Å². The van der Waals surface area contributed by atoms with Crippen LogP contribution < -0.4 is 10.6 Å². The lowest BCUT2D eigenvalue weighted by Crippen LogP contribution is -2.41. The van der Waals surface area contributed by atoms with Crippen molar-refractivity contribution in [3.63, 3.8) is 0 Å². The number of nitrogens with two attached hydrogens (primary N) is 1. The maximum absolute atomic E-state index is 6.22. The van der Waals surface area contributed by atoms with Gasteiger partial charge >= 0.3 is 0 Å². The molecule has 0 atom stereocenters. The van der Waals surface area contributed by atoms with Gasteiger partial charge in [-0.2, -0.15) is 5.10 Å². The second-order valence-corrected chi connectivity index (χ2v) is 8.29.